The Labute approximate surface area is 127 Å². The van der Waals surface area contributed by atoms with E-state index >= 15 is 0 Å². The number of alkyl halides is 1. The molecule has 116 valence electrons. The summed E-state index contributed by atoms with van der Waals surface area (Å²) in [4.78, 5) is 23.3. The monoisotopic (exact) mass is 304 g/mol. The second kappa shape index (κ2) is 4.44. The molecule has 22 heavy (non-hydrogen) atoms. The molecule has 2 unspecified atom stereocenters. The minimum atomic E-state index is -1.44. The average molecular weight is 304 g/mol. The Morgan fingerprint density at radius 2 is 2.00 bits per heavy atom. The number of hydrogen-bond acceptors (Lipinski definition) is 3. The van der Waals surface area contributed by atoms with Crippen molar-refractivity contribution in [1.29, 1.82) is 0 Å². The first-order valence-corrected chi connectivity index (χ1v) is 7.51. The molecule has 1 aromatic rings. The molecule has 2 amide bonds. The van der Waals surface area contributed by atoms with Gasteiger partial charge in [0.25, 0.3) is 0 Å². The van der Waals surface area contributed by atoms with Gasteiger partial charge in [0.2, 0.25) is 5.91 Å². The fourth-order valence-corrected chi connectivity index (χ4v) is 3.51. The van der Waals surface area contributed by atoms with Gasteiger partial charge in [0.15, 0.2) is 5.67 Å². The Balaban J connectivity index is 1.33. The third-order valence-electron chi connectivity index (χ3n) is 4.96. The van der Waals surface area contributed by atoms with E-state index in [1.807, 2.05) is 6.07 Å². The van der Waals surface area contributed by atoms with E-state index in [2.05, 4.69) is 10.6 Å². The molecule has 2 N–H and O–H groups in total. The van der Waals surface area contributed by atoms with Crippen molar-refractivity contribution < 1.29 is 18.7 Å². The zero-order chi connectivity index (χ0) is 15.4. The Bertz CT molecular complexity index is 630. The van der Waals surface area contributed by atoms with E-state index in [4.69, 9.17) is 4.74 Å². The van der Waals surface area contributed by atoms with Crippen LogP contribution >= 0.6 is 0 Å². The number of halogens is 1. The predicted molar refractivity (Wildman–Crippen MR) is 75.7 cm³/mol. The zero-order valence-corrected chi connectivity index (χ0v) is 12.0. The molecule has 2 saturated carbocycles. The lowest BCUT2D eigenvalue weighted by molar-refractivity contribution is -0.130. The van der Waals surface area contributed by atoms with Crippen molar-refractivity contribution in [2.45, 2.75) is 36.5 Å². The number of cyclic esters (lactones) is 1. The van der Waals surface area contributed by atoms with Crippen LogP contribution in [0.1, 0.15) is 24.8 Å². The molecule has 2 atom stereocenters. The smallest absolute Gasteiger partial charge is 0.407 e. The number of rotatable bonds is 3. The van der Waals surface area contributed by atoms with Gasteiger partial charge in [-0.25, -0.2) is 9.18 Å². The van der Waals surface area contributed by atoms with Crippen LogP contribution in [-0.2, 0) is 15.2 Å². The summed E-state index contributed by atoms with van der Waals surface area (Å²) >= 11 is 0. The number of amides is 2. The minimum absolute atomic E-state index is 0.132. The van der Waals surface area contributed by atoms with Gasteiger partial charge in [-0.1, -0.05) is 30.3 Å². The summed E-state index contributed by atoms with van der Waals surface area (Å²) in [6.45, 7) is 0.316. The summed E-state index contributed by atoms with van der Waals surface area (Å²) in [6, 6.07) is 8.48. The van der Waals surface area contributed by atoms with Gasteiger partial charge in [-0.2, -0.15) is 0 Å². The van der Waals surface area contributed by atoms with E-state index in [1.54, 1.807) is 24.3 Å². The molecule has 4 rings (SSSR count). The Morgan fingerprint density at radius 3 is 2.64 bits per heavy atom. The third-order valence-corrected chi connectivity index (χ3v) is 4.96. The van der Waals surface area contributed by atoms with Crippen molar-refractivity contribution in [2.75, 3.05) is 6.61 Å². The van der Waals surface area contributed by atoms with Crippen molar-refractivity contribution in [3.8, 4) is 0 Å². The topological polar surface area (TPSA) is 67.4 Å². The number of nitrogens with one attached hydrogen (secondary N) is 2. The second-order valence-corrected chi connectivity index (χ2v) is 6.58. The maximum Gasteiger partial charge on any atom is 0.407 e. The van der Waals surface area contributed by atoms with E-state index in [-0.39, 0.29) is 17.4 Å². The van der Waals surface area contributed by atoms with Gasteiger partial charge in [0, 0.05) is 12.3 Å². The molecule has 5 nitrogen and oxygen atoms in total. The largest absolute Gasteiger partial charge is 0.447 e. The number of carbonyl (C=O) groups excluding carboxylic acids is 2. The number of alkyl carbamates (subject to hydrolysis) is 1. The Kier molecular flexibility index (Phi) is 2.74. The molecule has 2 aliphatic carbocycles. The van der Waals surface area contributed by atoms with Crippen molar-refractivity contribution in [1.82, 2.24) is 10.6 Å². The highest BCUT2D eigenvalue weighted by molar-refractivity contribution is 5.82. The molecule has 1 aromatic carbocycles. The van der Waals surface area contributed by atoms with Gasteiger partial charge in [-0.15, -0.1) is 0 Å². The lowest BCUT2D eigenvalue weighted by Crippen LogP contribution is -2.58. The van der Waals surface area contributed by atoms with Crippen LogP contribution in [0.4, 0.5) is 9.18 Å². The second-order valence-electron chi connectivity index (χ2n) is 6.58. The molecule has 1 aliphatic heterocycles. The summed E-state index contributed by atoms with van der Waals surface area (Å²) in [5, 5.41) is 5.54. The fraction of sp³-hybridized carbons (Fsp3) is 0.500. The quantitative estimate of drug-likeness (QED) is 0.892. The van der Waals surface area contributed by atoms with Crippen LogP contribution < -0.4 is 10.6 Å². The molecule has 6 heteroatoms. The normalized spacial score (nSPS) is 38.9. The highest BCUT2D eigenvalue weighted by Crippen LogP contribution is 2.50. The first-order valence-electron chi connectivity index (χ1n) is 7.51. The highest BCUT2D eigenvalue weighted by atomic mass is 19.1. The molecule has 3 aliphatic rings. The summed E-state index contributed by atoms with van der Waals surface area (Å²) < 4.78 is 19.6. The molecule has 1 heterocycles. The summed E-state index contributed by atoms with van der Waals surface area (Å²) in [7, 11) is 0. The standard InChI is InChI=1S/C16H17FN2O3/c17-16(11-4-2-1-3-5-11)8-12(16)18-13(20)10-6-15(7-10)9-22-14(21)19-15/h1-5,10,12H,6-9H2,(H,18,20)(H,19,21). The SMILES string of the molecule is O=C1NC2(CO1)CC(C(=O)NC1CC1(F)c1ccccc1)C2. The summed E-state index contributed by atoms with van der Waals surface area (Å²) in [5.41, 5.74) is -1.21. The molecule has 0 bridgehead atoms. The van der Waals surface area contributed by atoms with Gasteiger partial charge in [0.05, 0.1) is 11.6 Å². The molecular formula is C16H17FN2O3. The van der Waals surface area contributed by atoms with Crippen molar-refractivity contribution in [2.24, 2.45) is 5.92 Å². The summed E-state index contributed by atoms with van der Waals surface area (Å²) in [6.07, 6.45) is 1.01. The van der Waals surface area contributed by atoms with Crippen LogP contribution in [0.5, 0.6) is 0 Å². The first kappa shape index (κ1) is 13.5. The first-order chi connectivity index (χ1) is 10.5. The van der Waals surface area contributed by atoms with E-state index in [9.17, 15) is 14.0 Å². The van der Waals surface area contributed by atoms with Crippen LogP contribution in [0, 0.1) is 5.92 Å². The minimum Gasteiger partial charge on any atom is -0.447 e. The summed E-state index contributed by atoms with van der Waals surface area (Å²) in [5.74, 6) is -0.310. The lowest BCUT2D eigenvalue weighted by atomic mass is 9.68. The van der Waals surface area contributed by atoms with Crippen LogP contribution in [0.3, 0.4) is 0 Å². The van der Waals surface area contributed by atoms with Gasteiger partial charge in [0.1, 0.15) is 6.61 Å². The molecule has 1 saturated heterocycles. The zero-order valence-electron chi connectivity index (χ0n) is 12.0. The van der Waals surface area contributed by atoms with E-state index in [0.29, 0.717) is 31.4 Å². The van der Waals surface area contributed by atoms with E-state index < -0.39 is 17.8 Å². The van der Waals surface area contributed by atoms with Crippen LogP contribution in [0.15, 0.2) is 30.3 Å². The number of ether oxygens (including phenoxy) is 1. The molecule has 0 aromatic heterocycles. The Hall–Kier alpha value is -2.11. The molecule has 0 radical (unpaired) electrons. The van der Waals surface area contributed by atoms with E-state index in [1.165, 1.54) is 0 Å². The fourth-order valence-electron chi connectivity index (χ4n) is 3.51. The lowest BCUT2D eigenvalue weighted by Gasteiger charge is -2.41. The Morgan fingerprint density at radius 1 is 1.27 bits per heavy atom. The van der Waals surface area contributed by atoms with Crippen LogP contribution in [0.2, 0.25) is 0 Å². The van der Waals surface area contributed by atoms with Crippen molar-refractivity contribution in [3.63, 3.8) is 0 Å². The number of carbonyl (C=O) groups is 2. The van der Waals surface area contributed by atoms with Gasteiger partial charge >= 0.3 is 6.09 Å². The van der Waals surface area contributed by atoms with Crippen molar-refractivity contribution >= 4 is 12.0 Å². The average Bonchev–Trinajstić information content (AvgIpc) is 2.95. The molecule has 1 spiro atoms. The number of benzene rings is 1. The third kappa shape index (κ3) is 2.05. The molecule has 3 fully saturated rings. The highest BCUT2D eigenvalue weighted by Gasteiger charge is 2.59. The van der Waals surface area contributed by atoms with E-state index in [0.717, 1.165) is 0 Å². The van der Waals surface area contributed by atoms with Crippen molar-refractivity contribution in [3.05, 3.63) is 35.9 Å². The van der Waals surface area contributed by atoms with Gasteiger partial charge < -0.3 is 15.4 Å². The molecular weight excluding hydrogens is 287 g/mol. The van der Waals surface area contributed by atoms with Crippen LogP contribution in [-0.4, -0.2) is 30.2 Å². The van der Waals surface area contributed by atoms with Gasteiger partial charge in [-0.3, -0.25) is 4.79 Å². The maximum absolute atomic E-state index is 14.7. The maximum atomic E-state index is 14.7. The number of hydrogen-bond donors (Lipinski definition) is 2. The predicted octanol–water partition coefficient (Wildman–Crippen LogP) is 1.63. The van der Waals surface area contributed by atoms with Gasteiger partial charge in [-0.05, 0) is 18.4 Å². The van der Waals surface area contributed by atoms with Crippen LogP contribution in [0.25, 0.3) is 0 Å².